The molecule has 0 bridgehead atoms. The summed E-state index contributed by atoms with van der Waals surface area (Å²) in [6, 6.07) is 5.45. The highest BCUT2D eigenvalue weighted by atomic mass is 35.5. The van der Waals surface area contributed by atoms with Crippen LogP contribution in [0.2, 0.25) is 5.02 Å². The van der Waals surface area contributed by atoms with Crippen molar-refractivity contribution < 1.29 is 24.3 Å². The molecule has 1 aliphatic rings. The zero-order valence-corrected chi connectivity index (χ0v) is 19.2. The second-order valence-electron chi connectivity index (χ2n) is 8.05. The molecule has 2 heterocycles. The summed E-state index contributed by atoms with van der Waals surface area (Å²) in [5.41, 5.74) is -1.25. The number of halogens is 1. The maximum atomic E-state index is 12.6. The first-order valence-corrected chi connectivity index (χ1v) is 10.6. The Morgan fingerprint density at radius 3 is 2.32 bits per heavy atom. The van der Waals surface area contributed by atoms with Crippen LogP contribution >= 0.6 is 11.6 Å². The molecule has 2 aromatic rings. The Hall–Kier alpha value is -3.93. The second-order valence-corrected chi connectivity index (χ2v) is 8.46. The smallest absolute Gasteiger partial charge is 0.405 e. The highest BCUT2D eigenvalue weighted by Gasteiger charge is 2.35. The number of carbonyl (C=O) groups excluding carboxylic acids is 3. The van der Waals surface area contributed by atoms with Gasteiger partial charge in [0.25, 0.3) is 0 Å². The fourth-order valence-corrected chi connectivity index (χ4v) is 3.67. The summed E-state index contributed by atoms with van der Waals surface area (Å²) in [5.74, 6) is -0.339. The number of nitrogens with one attached hydrogen (secondary N) is 2. The lowest BCUT2D eigenvalue weighted by molar-refractivity contribution is -0.138. The van der Waals surface area contributed by atoms with Gasteiger partial charge in [-0.1, -0.05) is 11.6 Å². The van der Waals surface area contributed by atoms with Gasteiger partial charge in [-0.15, -0.1) is 0 Å². The van der Waals surface area contributed by atoms with Gasteiger partial charge >= 0.3 is 17.8 Å². The minimum atomic E-state index is -1.30. The van der Waals surface area contributed by atoms with Crippen LogP contribution in [0.15, 0.2) is 35.3 Å². The van der Waals surface area contributed by atoms with Crippen molar-refractivity contribution in [3.63, 3.8) is 0 Å². The molecule has 0 aliphatic carbocycles. The van der Waals surface area contributed by atoms with Crippen molar-refractivity contribution in [2.45, 2.75) is 19.4 Å². The Labute approximate surface area is 199 Å². The molecule has 180 valence electrons. The average Bonchev–Trinajstić information content (AvgIpc) is 2.78. The van der Waals surface area contributed by atoms with E-state index in [0.29, 0.717) is 17.5 Å². The molecular formula is C21H23ClN6O6. The van der Waals surface area contributed by atoms with Crippen LogP contribution in [-0.2, 0) is 4.79 Å². The number of carbonyl (C=O) groups is 4. The Balaban J connectivity index is 1.61. The summed E-state index contributed by atoms with van der Waals surface area (Å²) in [6.07, 6.45) is 0.729. The normalized spacial score (nSPS) is 13.9. The monoisotopic (exact) mass is 490 g/mol. The van der Waals surface area contributed by atoms with Crippen LogP contribution in [0.25, 0.3) is 5.69 Å². The summed E-state index contributed by atoms with van der Waals surface area (Å²) in [7, 11) is 0. The summed E-state index contributed by atoms with van der Waals surface area (Å²) < 4.78 is 1.22. The van der Waals surface area contributed by atoms with Crippen molar-refractivity contribution in [3.05, 3.63) is 51.5 Å². The van der Waals surface area contributed by atoms with Gasteiger partial charge in [0.1, 0.15) is 11.4 Å². The van der Waals surface area contributed by atoms with Crippen LogP contribution in [0, 0.1) is 0 Å². The maximum absolute atomic E-state index is 12.6. The molecule has 13 heteroatoms. The molecule has 34 heavy (non-hydrogen) atoms. The molecule has 1 aromatic heterocycles. The van der Waals surface area contributed by atoms with E-state index in [2.05, 4.69) is 15.6 Å². The molecule has 0 radical (unpaired) electrons. The average molecular weight is 491 g/mol. The van der Waals surface area contributed by atoms with E-state index in [-0.39, 0.29) is 42.9 Å². The standard InChI is InChI=1S/C21H23ClN6O6/c1-21(2,25-20(33)34)17(30)26-7-9-27(10-8-26)18(31)23-16-5-6-28(19(32)24-16)14-4-3-13(12-29)15(22)11-14/h3-6,11-12,25H,7-10H2,1-2H3,(H,33,34)(H,23,24,31,32). The van der Waals surface area contributed by atoms with Crippen LogP contribution in [0.4, 0.5) is 15.4 Å². The molecule has 1 aliphatic heterocycles. The maximum Gasteiger partial charge on any atom is 0.405 e. The molecule has 0 saturated carbocycles. The van der Waals surface area contributed by atoms with Crippen molar-refractivity contribution >= 4 is 41.7 Å². The molecule has 3 rings (SSSR count). The first kappa shape index (κ1) is 24.7. The largest absolute Gasteiger partial charge is 0.465 e. The van der Waals surface area contributed by atoms with Crippen molar-refractivity contribution in [1.82, 2.24) is 24.7 Å². The molecular weight excluding hydrogens is 468 g/mol. The number of rotatable bonds is 5. The zero-order valence-electron chi connectivity index (χ0n) is 18.4. The molecule has 1 aromatic carbocycles. The van der Waals surface area contributed by atoms with Crippen LogP contribution < -0.4 is 16.3 Å². The van der Waals surface area contributed by atoms with E-state index in [1.54, 1.807) is 6.07 Å². The number of aromatic nitrogens is 2. The quantitative estimate of drug-likeness (QED) is 0.535. The number of amides is 4. The highest BCUT2D eigenvalue weighted by molar-refractivity contribution is 6.33. The topological polar surface area (TPSA) is 154 Å². The third-order valence-corrected chi connectivity index (χ3v) is 5.56. The van der Waals surface area contributed by atoms with E-state index < -0.39 is 23.4 Å². The minimum Gasteiger partial charge on any atom is -0.465 e. The van der Waals surface area contributed by atoms with E-state index in [4.69, 9.17) is 16.7 Å². The Bertz CT molecular complexity index is 1190. The number of piperazine rings is 1. The van der Waals surface area contributed by atoms with Gasteiger partial charge in [-0.2, -0.15) is 4.98 Å². The molecule has 0 unspecified atom stereocenters. The summed E-state index contributed by atoms with van der Waals surface area (Å²) in [6.45, 7) is 3.84. The second kappa shape index (κ2) is 9.91. The minimum absolute atomic E-state index is 0.0483. The van der Waals surface area contributed by atoms with Crippen molar-refractivity contribution in [2.75, 3.05) is 31.5 Å². The van der Waals surface area contributed by atoms with Crippen LogP contribution in [0.3, 0.4) is 0 Å². The lowest BCUT2D eigenvalue weighted by Gasteiger charge is -2.38. The third kappa shape index (κ3) is 5.52. The molecule has 0 atom stereocenters. The predicted molar refractivity (Wildman–Crippen MR) is 123 cm³/mol. The Kier molecular flexibility index (Phi) is 7.20. The van der Waals surface area contributed by atoms with E-state index in [0.717, 1.165) is 0 Å². The van der Waals surface area contributed by atoms with Crippen LogP contribution in [0.5, 0.6) is 0 Å². The van der Waals surface area contributed by atoms with E-state index in [1.807, 2.05) is 0 Å². The number of nitrogens with zero attached hydrogens (tertiary/aromatic N) is 4. The molecule has 0 spiro atoms. The number of hydrogen-bond donors (Lipinski definition) is 3. The number of benzene rings is 1. The summed E-state index contributed by atoms with van der Waals surface area (Å²) >= 11 is 6.01. The van der Waals surface area contributed by atoms with Gasteiger partial charge in [0.2, 0.25) is 5.91 Å². The lowest BCUT2D eigenvalue weighted by atomic mass is 10.0. The highest BCUT2D eigenvalue weighted by Crippen LogP contribution is 2.18. The number of anilines is 1. The van der Waals surface area contributed by atoms with Gasteiger partial charge < -0.3 is 20.2 Å². The first-order chi connectivity index (χ1) is 16.0. The van der Waals surface area contributed by atoms with Gasteiger partial charge in [-0.25, -0.2) is 14.4 Å². The number of aldehydes is 1. The van der Waals surface area contributed by atoms with E-state index in [1.165, 1.54) is 52.6 Å². The van der Waals surface area contributed by atoms with Crippen molar-refractivity contribution in [1.29, 1.82) is 0 Å². The Morgan fingerprint density at radius 1 is 1.12 bits per heavy atom. The molecule has 1 fully saturated rings. The van der Waals surface area contributed by atoms with Crippen LogP contribution in [-0.4, -0.2) is 80.5 Å². The molecule has 4 amide bonds. The molecule has 3 N–H and O–H groups in total. The van der Waals surface area contributed by atoms with Gasteiger partial charge in [0.15, 0.2) is 6.29 Å². The fraction of sp³-hybridized carbons (Fsp3) is 0.333. The summed E-state index contributed by atoms with van der Waals surface area (Å²) in [4.78, 5) is 66.2. The van der Waals surface area contributed by atoms with E-state index >= 15 is 0 Å². The first-order valence-electron chi connectivity index (χ1n) is 10.2. The van der Waals surface area contributed by atoms with Gasteiger partial charge in [0.05, 0.1) is 10.7 Å². The zero-order chi connectivity index (χ0) is 25.0. The van der Waals surface area contributed by atoms with Crippen molar-refractivity contribution in [3.8, 4) is 5.69 Å². The number of urea groups is 1. The number of carboxylic acid groups (broad SMARTS) is 1. The van der Waals surface area contributed by atoms with E-state index in [9.17, 15) is 24.0 Å². The lowest BCUT2D eigenvalue weighted by Crippen LogP contribution is -2.60. The third-order valence-electron chi connectivity index (χ3n) is 5.24. The van der Waals surface area contributed by atoms with Gasteiger partial charge in [-0.05, 0) is 38.1 Å². The van der Waals surface area contributed by atoms with Crippen LogP contribution in [0.1, 0.15) is 24.2 Å². The van der Waals surface area contributed by atoms with Gasteiger partial charge in [0, 0.05) is 37.9 Å². The molecule has 12 nitrogen and oxygen atoms in total. The van der Waals surface area contributed by atoms with Crippen molar-refractivity contribution in [2.24, 2.45) is 0 Å². The Morgan fingerprint density at radius 2 is 1.76 bits per heavy atom. The molecule has 1 saturated heterocycles. The fourth-order valence-electron chi connectivity index (χ4n) is 3.45. The number of hydrogen-bond acceptors (Lipinski definition) is 6. The van der Waals surface area contributed by atoms with Gasteiger partial charge in [-0.3, -0.25) is 19.5 Å². The summed E-state index contributed by atoms with van der Waals surface area (Å²) in [5, 5.41) is 13.8. The SMILES string of the molecule is CC(C)(NC(=O)O)C(=O)N1CCN(C(=O)Nc2ccn(-c3ccc(C=O)c(Cl)c3)c(=O)n2)CC1. The predicted octanol–water partition coefficient (Wildman–Crippen LogP) is 1.42.